The Morgan fingerprint density at radius 2 is 2.31 bits per heavy atom. The lowest BCUT2D eigenvalue weighted by Crippen LogP contribution is -2.20. The lowest BCUT2D eigenvalue weighted by Gasteiger charge is -2.13. The van der Waals surface area contributed by atoms with E-state index < -0.39 is 0 Å². The van der Waals surface area contributed by atoms with Crippen LogP contribution in [0.25, 0.3) is 0 Å². The molecule has 1 atom stereocenters. The summed E-state index contributed by atoms with van der Waals surface area (Å²) in [7, 11) is 1.80. The van der Waals surface area contributed by atoms with E-state index >= 15 is 0 Å². The van der Waals surface area contributed by atoms with Crippen LogP contribution >= 0.6 is 31.9 Å². The van der Waals surface area contributed by atoms with Crippen molar-refractivity contribution in [2.45, 2.75) is 6.04 Å². The van der Waals surface area contributed by atoms with E-state index in [1.807, 2.05) is 6.07 Å². The fraction of sp³-hybridized carbons (Fsp3) is 0.375. The minimum atomic E-state index is -0.0584. The number of halogens is 2. The first-order valence-electron chi connectivity index (χ1n) is 3.78. The molecule has 72 valence electrons. The molecule has 0 fully saturated rings. The number of hydrogen-bond acceptors (Lipinski definition) is 3. The fourth-order valence-corrected chi connectivity index (χ4v) is 1.57. The van der Waals surface area contributed by atoms with Crippen molar-refractivity contribution in [1.29, 1.82) is 0 Å². The number of pyridine rings is 1. The van der Waals surface area contributed by atoms with Gasteiger partial charge in [0.25, 0.3) is 0 Å². The fourth-order valence-electron chi connectivity index (χ4n) is 0.990. The summed E-state index contributed by atoms with van der Waals surface area (Å²) in [4.78, 5) is 4.11. The smallest absolute Gasteiger partial charge is 0.120 e. The van der Waals surface area contributed by atoms with Gasteiger partial charge in [0.1, 0.15) is 4.60 Å². The highest BCUT2D eigenvalue weighted by Gasteiger charge is 2.09. The Balaban J connectivity index is 2.95. The number of nitrogens with zero attached hydrogens (tertiary/aromatic N) is 1. The number of hydrogen-bond donors (Lipinski definition) is 2. The zero-order valence-electron chi connectivity index (χ0n) is 7.09. The van der Waals surface area contributed by atoms with Gasteiger partial charge in [-0.05, 0) is 50.5 Å². The Morgan fingerprint density at radius 1 is 1.62 bits per heavy atom. The number of likely N-dealkylation sites (N-methyl/N-ethyl adjacent to an activating group) is 1. The number of aromatic nitrogens is 1. The van der Waals surface area contributed by atoms with Crippen molar-refractivity contribution in [2.24, 2.45) is 0 Å². The summed E-state index contributed by atoms with van der Waals surface area (Å²) in [5, 5.41) is 12.0. The van der Waals surface area contributed by atoms with Gasteiger partial charge in [-0.25, -0.2) is 4.98 Å². The molecule has 3 nitrogen and oxygen atoms in total. The average Bonchev–Trinajstić information content (AvgIpc) is 2.13. The molecule has 0 unspecified atom stereocenters. The highest BCUT2D eigenvalue weighted by atomic mass is 79.9. The van der Waals surface area contributed by atoms with Crippen molar-refractivity contribution >= 4 is 31.9 Å². The van der Waals surface area contributed by atoms with Gasteiger partial charge in [-0.15, -0.1) is 0 Å². The van der Waals surface area contributed by atoms with Crippen LogP contribution in [0, 0.1) is 0 Å². The molecular weight excluding hydrogens is 300 g/mol. The van der Waals surface area contributed by atoms with Crippen LogP contribution in [0.3, 0.4) is 0 Å². The summed E-state index contributed by atoms with van der Waals surface area (Å²) < 4.78 is 1.66. The molecule has 0 bridgehead atoms. The molecule has 0 radical (unpaired) electrons. The minimum Gasteiger partial charge on any atom is -0.394 e. The van der Waals surface area contributed by atoms with Gasteiger partial charge in [0.05, 0.1) is 17.1 Å². The predicted molar refractivity (Wildman–Crippen MR) is 58.5 cm³/mol. The number of nitrogens with one attached hydrogen (secondary N) is 1. The van der Waals surface area contributed by atoms with Crippen molar-refractivity contribution in [2.75, 3.05) is 13.7 Å². The standard InChI is InChI=1S/C8H10Br2N2O/c1-11-7(4-13)5-2-6(9)8(10)12-3-5/h2-3,7,11,13H,4H2,1H3/t7-/m1/s1. The molecule has 0 aliphatic heterocycles. The first kappa shape index (κ1) is 11.1. The molecule has 0 spiro atoms. The number of aliphatic hydroxyl groups is 1. The largest absolute Gasteiger partial charge is 0.394 e. The maximum absolute atomic E-state index is 9.02. The zero-order chi connectivity index (χ0) is 9.84. The van der Waals surface area contributed by atoms with Crippen LogP contribution < -0.4 is 5.32 Å². The van der Waals surface area contributed by atoms with Gasteiger partial charge in [0.2, 0.25) is 0 Å². The van der Waals surface area contributed by atoms with Crippen LogP contribution in [0.5, 0.6) is 0 Å². The van der Waals surface area contributed by atoms with Crippen molar-refractivity contribution < 1.29 is 5.11 Å². The monoisotopic (exact) mass is 308 g/mol. The third kappa shape index (κ3) is 2.74. The van der Waals surface area contributed by atoms with Gasteiger partial charge in [0.15, 0.2) is 0 Å². The van der Waals surface area contributed by atoms with Crippen molar-refractivity contribution in [3.05, 3.63) is 26.9 Å². The van der Waals surface area contributed by atoms with Crippen molar-refractivity contribution in [3.63, 3.8) is 0 Å². The molecular formula is C8H10Br2N2O. The van der Waals surface area contributed by atoms with Gasteiger partial charge < -0.3 is 10.4 Å². The molecule has 13 heavy (non-hydrogen) atoms. The maximum Gasteiger partial charge on any atom is 0.120 e. The lowest BCUT2D eigenvalue weighted by atomic mass is 10.1. The van der Waals surface area contributed by atoms with Crippen LogP contribution in [0.15, 0.2) is 21.3 Å². The quantitative estimate of drug-likeness (QED) is 0.838. The van der Waals surface area contributed by atoms with E-state index in [4.69, 9.17) is 5.11 Å². The molecule has 0 saturated heterocycles. The second-order valence-electron chi connectivity index (χ2n) is 2.57. The summed E-state index contributed by atoms with van der Waals surface area (Å²) in [5.74, 6) is 0. The maximum atomic E-state index is 9.02. The van der Waals surface area contributed by atoms with Crippen LogP contribution in [0.1, 0.15) is 11.6 Å². The molecule has 0 aliphatic rings. The van der Waals surface area contributed by atoms with E-state index in [0.717, 1.165) is 14.6 Å². The van der Waals surface area contributed by atoms with E-state index in [1.165, 1.54) is 0 Å². The SMILES string of the molecule is CN[C@H](CO)c1cnc(Br)c(Br)c1. The molecule has 0 amide bonds. The van der Waals surface area contributed by atoms with E-state index in [1.54, 1.807) is 13.2 Å². The van der Waals surface area contributed by atoms with Gasteiger partial charge in [-0.1, -0.05) is 0 Å². The average molecular weight is 310 g/mol. The van der Waals surface area contributed by atoms with Gasteiger partial charge in [-0.2, -0.15) is 0 Å². The second-order valence-corrected chi connectivity index (χ2v) is 4.17. The van der Waals surface area contributed by atoms with E-state index in [-0.39, 0.29) is 12.6 Å². The summed E-state index contributed by atoms with van der Waals surface area (Å²) in [6.07, 6.45) is 1.73. The van der Waals surface area contributed by atoms with Gasteiger partial charge in [0, 0.05) is 6.20 Å². The van der Waals surface area contributed by atoms with Gasteiger partial charge in [-0.3, -0.25) is 0 Å². The third-order valence-corrected chi connectivity index (χ3v) is 3.52. The number of rotatable bonds is 3. The van der Waals surface area contributed by atoms with E-state index in [2.05, 4.69) is 42.2 Å². The van der Waals surface area contributed by atoms with E-state index in [0.29, 0.717) is 0 Å². The summed E-state index contributed by atoms with van der Waals surface area (Å²) in [5.41, 5.74) is 0.958. The minimum absolute atomic E-state index is 0.0584. The topological polar surface area (TPSA) is 45.1 Å². The molecule has 1 heterocycles. The highest BCUT2D eigenvalue weighted by Crippen LogP contribution is 2.23. The van der Waals surface area contributed by atoms with Crippen LogP contribution in [-0.4, -0.2) is 23.7 Å². The van der Waals surface area contributed by atoms with E-state index in [9.17, 15) is 0 Å². The second kappa shape index (κ2) is 5.05. The Kier molecular flexibility index (Phi) is 4.31. The lowest BCUT2D eigenvalue weighted by molar-refractivity contribution is 0.250. The molecule has 1 aromatic heterocycles. The number of aliphatic hydroxyl groups excluding tert-OH is 1. The molecule has 0 aromatic carbocycles. The Morgan fingerprint density at radius 3 is 2.77 bits per heavy atom. The molecule has 0 saturated carbocycles. The predicted octanol–water partition coefficient (Wildman–Crippen LogP) is 1.86. The van der Waals surface area contributed by atoms with Crippen LogP contribution in [0.2, 0.25) is 0 Å². The van der Waals surface area contributed by atoms with Crippen LogP contribution in [-0.2, 0) is 0 Å². The summed E-state index contributed by atoms with van der Waals surface area (Å²) in [6.45, 7) is 0.0618. The van der Waals surface area contributed by atoms with Crippen LogP contribution in [0.4, 0.5) is 0 Å². The molecule has 0 aliphatic carbocycles. The molecule has 2 N–H and O–H groups in total. The van der Waals surface area contributed by atoms with Crippen molar-refractivity contribution in [3.8, 4) is 0 Å². The normalized spacial score (nSPS) is 12.9. The first-order chi connectivity index (χ1) is 6.19. The van der Waals surface area contributed by atoms with Crippen molar-refractivity contribution in [1.82, 2.24) is 10.3 Å². The highest BCUT2D eigenvalue weighted by molar-refractivity contribution is 9.13. The molecule has 1 aromatic rings. The Labute approximate surface area is 93.8 Å². The molecule has 5 heteroatoms. The van der Waals surface area contributed by atoms with Gasteiger partial charge >= 0.3 is 0 Å². The first-order valence-corrected chi connectivity index (χ1v) is 5.36. The Hall–Kier alpha value is 0.0300. The summed E-state index contributed by atoms with van der Waals surface area (Å²) >= 11 is 6.64. The zero-order valence-corrected chi connectivity index (χ0v) is 10.3. The summed E-state index contributed by atoms with van der Waals surface area (Å²) in [6, 6.07) is 1.87. The molecule has 1 rings (SSSR count). The third-order valence-electron chi connectivity index (χ3n) is 1.75. The Bertz CT molecular complexity index is 289.